The van der Waals surface area contributed by atoms with Crippen LogP contribution >= 0.6 is 0 Å². The predicted octanol–water partition coefficient (Wildman–Crippen LogP) is 3.47. The molecule has 0 spiro atoms. The van der Waals surface area contributed by atoms with Gasteiger partial charge in [-0.1, -0.05) is 18.2 Å². The largest absolute Gasteiger partial charge is 0.348 e. The molecule has 0 unspecified atom stereocenters. The molecule has 0 saturated carbocycles. The number of halogens is 1. The molecule has 0 bridgehead atoms. The van der Waals surface area contributed by atoms with Gasteiger partial charge in [-0.25, -0.2) is 9.07 Å². The lowest BCUT2D eigenvalue weighted by Gasteiger charge is -2.08. The van der Waals surface area contributed by atoms with Crippen LogP contribution in [-0.4, -0.2) is 20.6 Å². The molecule has 0 aliphatic heterocycles. The Bertz CT molecular complexity index is 1020. The Labute approximate surface area is 154 Å². The summed E-state index contributed by atoms with van der Waals surface area (Å²) in [4.78, 5) is 22.2. The van der Waals surface area contributed by atoms with Crippen molar-refractivity contribution in [2.45, 2.75) is 20.4 Å². The molecule has 0 aliphatic carbocycles. The number of non-ortho nitro benzene ring substituents is 1. The number of aromatic nitrogens is 2. The van der Waals surface area contributed by atoms with E-state index in [9.17, 15) is 19.3 Å². The summed E-state index contributed by atoms with van der Waals surface area (Å²) in [5.74, 6) is -1.58. The number of carbonyl (C=O) groups is 1. The quantitative estimate of drug-likeness (QED) is 0.551. The van der Waals surface area contributed by atoms with Crippen molar-refractivity contribution in [2.24, 2.45) is 0 Å². The highest BCUT2D eigenvalue weighted by molar-refractivity contribution is 5.94. The van der Waals surface area contributed by atoms with Gasteiger partial charge in [0.2, 0.25) is 0 Å². The lowest BCUT2D eigenvalue weighted by atomic mass is 10.1. The number of amides is 1. The van der Waals surface area contributed by atoms with E-state index in [1.807, 2.05) is 44.2 Å². The van der Waals surface area contributed by atoms with Crippen LogP contribution in [0.5, 0.6) is 0 Å². The monoisotopic (exact) mass is 368 g/mol. The average Bonchev–Trinajstić information content (AvgIpc) is 2.94. The predicted molar refractivity (Wildman–Crippen MR) is 97.3 cm³/mol. The topological polar surface area (TPSA) is 90.1 Å². The highest BCUT2D eigenvalue weighted by Crippen LogP contribution is 2.19. The number of hydrogen-bond donors (Lipinski definition) is 1. The van der Waals surface area contributed by atoms with Crippen LogP contribution in [0.3, 0.4) is 0 Å². The van der Waals surface area contributed by atoms with Crippen molar-refractivity contribution in [2.75, 3.05) is 0 Å². The molecule has 1 heterocycles. The van der Waals surface area contributed by atoms with E-state index in [2.05, 4.69) is 10.4 Å². The number of hydrogen-bond acceptors (Lipinski definition) is 4. The Morgan fingerprint density at radius 2 is 1.93 bits per heavy atom. The van der Waals surface area contributed by atoms with Gasteiger partial charge in [0.1, 0.15) is 5.82 Å². The van der Waals surface area contributed by atoms with Gasteiger partial charge in [-0.3, -0.25) is 14.9 Å². The van der Waals surface area contributed by atoms with Crippen molar-refractivity contribution in [3.63, 3.8) is 0 Å². The third-order valence-electron chi connectivity index (χ3n) is 4.28. The molecule has 1 amide bonds. The first-order chi connectivity index (χ1) is 12.9. The number of carbonyl (C=O) groups excluding carboxylic acids is 1. The maximum Gasteiger partial charge on any atom is 0.272 e. The van der Waals surface area contributed by atoms with Gasteiger partial charge in [0, 0.05) is 23.9 Å². The second kappa shape index (κ2) is 7.36. The molecule has 1 N–H and O–H groups in total. The van der Waals surface area contributed by atoms with Gasteiger partial charge in [0.05, 0.1) is 27.9 Å². The summed E-state index contributed by atoms with van der Waals surface area (Å²) in [7, 11) is 0. The smallest absolute Gasteiger partial charge is 0.272 e. The van der Waals surface area contributed by atoms with Gasteiger partial charge in [-0.15, -0.1) is 0 Å². The molecule has 0 atom stereocenters. The van der Waals surface area contributed by atoms with Gasteiger partial charge in [-0.05, 0) is 32.0 Å². The normalized spacial score (nSPS) is 10.6. The van der Waals surface area contributed by atoms with Crippen molar-refractivity contribution in [3.8, 4) is 5.69 Å². The molecule has 3 aromatic rings. The van der Waals surface area contributed by atoms with Crippen molar-refractivity contribution >= 4 is 11.6 Å². The number of nitrogens with zero attached hydrogens (tertiary/aromatic N) is 3. The summed E-state index contributed by atoms with van der Waals surface area (Å²) in [6, 6.07) is 12.5. The number of nitro benzene ring substituents is 1. The van der Waals surface area contributed by atoms with E-state index in [1.165, 1.54) is 0 Å². The number of aryl methyl sites for hydroxylation is 1. The lowest BCUT2D eigenvalue weighted by molar-refractivity contribution is -0.385. The lowest BCUT2D eigenvalue weighted by Crippen LogP contribution is -2.24. The molecule has 0 fully saturated rings. The maximum absolute atomic E-state index is 14.0. The van der Waals surface area contributed by atoms with Crippen molar-refractivity contribution in [1.29, 1.82) is 0 Å². The van der Waals surface area contributed by atoms with E-state index in [1.54, 1.807) is 4.68 Å². The molecular formula is C19H17FN4O3. The second-order valence-electron chi connectivity index (χ2n) is 6.00. The zero-order valence-electron chi connectivity index (χ0n) is 14.8. The third kappa shape index (κ3) is 3.69. The number of benzene rings is 2. The zero-order chi connectivity index (χ0) is 19.6. The van der Waals surface area contributed by atoms with Gasteiger partial charge in [0.15, 0.2) is 0 Å². The maximum atomic E-state index is 14.0. The molecule has 0 saturated heterocycles. The minimum atomic E-state index is -0.935. The van der Waals surface area contributed by atoms with E-state index < -0.39 is 22.3 Å². The first-order valence-electron chi connectivity index (χ1n) is 8.21. The van der Waals surface area contributed by atoms with Gasteiger partial charge in [-0.2, -0.15) is 5.10 Å². The molecule has 3 rings (SSSR count). The van der Waals surface area contributed by atoms with E-state index in [0.717, 1.165) is 40.8 Å². The number of nitro groups is 1. The molecular weight excluding hydrogens is 351 g/mol. The average molecular weight is 368 g/mol. The van der Waals surface area contributed by atoms with Crippen LogP contribution in [0.2, 0.25) is 0 Å². The standard InChI is InChI=1S/C19H17FN4O3/c1-12-17(13(2)23(22-12)14-6-4-3-5-7-14)11-21-19(25)16-9-8-15(24(26)27)10-18(16)20/h3-10H,11H2,1-2H3,(H,21,25). The summed E-state index contributed by atoms with van der Waals surface area (Å²) in [6.45, 7) is 3.89. The number of para-hydroxylation sites is 1. The van der Waals surface area contributed by atoms with Crippen molar-refractivity contribution < 1.29 is 14.1 Å². The zero-order valence-corrected chi connectivity index (χ0v) is 14.8. The Morgan fingerprint density at radius 3 is 2.56 bits per heavy atom. The van der Waals surface area contributed by atoms with Crippen LogP contribution in [-0.2, 0) is 6.54 Å². The molecule has 2 aromatic carbocycles. The summed E-state index contributed by atoms with van der Waals surface area (Å²) in [5, 5.41) is 17.8. The third-order valence-corrected chi connectivity index (χ3v) is 4.28. The fourth-order valence-electron chi connectivity index (χ4n) is 2.82. The highest BCUT2D eigenvalue weighted by atomic mass is 19.1. The van der Waals surface area contributed by atoms with Crippen LogP contribution in [0.25, 0.3) is 5.69 Å². The number of nitrogens with one attached hydrogen (secondary N) is 1. The molecule has 138 valence electrons. The van der Waals surface area contributed by atoms with Crippen LogP contribution in [0.1, 0.15) is 27.3 Å². The minimum Gasteiger partial charge on any atom is -0.348 e. The molecule has 0 aliphatic rings. The summed E-state index contributed by atoms with van der Waals surface area (Å²) >= 11 is 0. The molecule has 0 radical (unpaired) electrons. The Kier molecular flexibility index (Phi) is 4.98. The van der Waals surface area contributed by atoms with Crippen molar-refractivity contribution in [3.05, 3.63) is 87.0 Å². The van der Waals surface area contributed by atoms with E-state index in [-0.39, 0.29) is 12.1 Å². The Hall–Kier alpha value is -3.55. The van der Waals surface area contributed by atoms with E-state index >= 15 is 0 Å². The van der Waals surface area contributed by atoms with Gasteiger partial charge < -0.3 is 5.32 Å². The fraction of sp³-hybridized carbons (Fsp3) is 0.158. The minimum absolute atomic E-state index is 0.166. The van der Waals surface area contributed by atoms with Gasteiger partial charge >= 0.3 is 0 Å². The van der Waals surface area contributed by atoms with Crippen LogP contribution < -0.4 is 5.32 Å². The van der Waals surface area contributed by atoms with Crippen LogP contribution in [0, 0.1) is 29.8 Å². The highest BCUT2D eigenvalue weighted by Gasteiger charge is 2.18. The fourth-order valence-corrected chi connectivity index (χ4v) is 2.82. The molecule has 27 heavy (non-hydrogen) atoms. The Balaban J connectivity index is 1.78. The van der Waals surface area contributed by atoms with E-state index in [0.29, 0.717) is 0 Å². The Morgan fingerprint density at radius 1 is 1.22 bits per heavy atom. The van der Waals surface area contributed by atoms with Gasteiger partial charge in [0.25, 0.3) is 11.6 Å². The summed E-state index contributed by atoms with van der Waals surface area (Å²) in [5.41, 5.74) is 2.70. The molecule has 1 aromatic heterocycles. The van der Waals surface area contributed by atoms with Crippen LogP contribution in [0.4, 0.5) is 10.1 Å². The second-order valence-corrected chi connectivity index (χ2v) is 6.00. The first-order valence-corrected chi connectivity index (χ1v) is 8.21. The SMILES string of the molecule is Cc1nn(-c2ccccc2)c(C)c1CNC(=O)c1ccc([N+](=O)[O-])cc1F. The first kappa shape index (κ1) is 18.2. The molecule has 8 heteroatoms. The van der Waals surface area contributed by atoms with Crippen LogP contribution in [0.15, 0.2) is 48.5 Å². The number of rotatable bonds is 5. The summed E-state index contributed by atoms with van der Waals surface area (Å²) in [6.07, 6.45) is 0. The van der Waals surface area contributed by atoms with Crippen molar-refractivity contribution in [1.82, 2.24) is 15.1 Å². The molecule has 7 nitrogen and oxygen atoms in total. The van der Waals surface area contributed by atoms with E-state index in [4.69, 9.17) is 0 Å². The summed E-state index contributed by atoms with van der Waals surface area (Å²) < 4.78 is 15.8.